The Morgan fingerprint density at radius 3 is 2.92 bits per heavy atom. The molecule has 24 heavy (non-hydrogen) atoms. The van der Waals surface area contributed by atoms with Crippen molar-refractivity contribution in [3.8, 4) is 0 Å². The quantitative estimate of drug-likeness (QED) is 0.902. The number of hydrogen-bond acceptors (Lipinski definition) is 4. The standard InChI is InChI=1S/C17H24N6O/c1-12-7-8-14(13(2)19-12)20-17(24)18-10-9-16-22-21-15-6-4-3-5-11-23(15)16/h7-8H,3-6,9-11H2,1-2H3,(H2,18,20,24). The number of amides is 2. The molecule has 2 aromatic rings. The van der Waals surface area contributed by atoms with E-state index in [9.17, 15) is 4.79 Å². The van der Waals surface area contributed by atoms with Crippen LogP contribution in [0.4, 0.5) is 10.5 Å². The number of nitrogens with zero attached hydrogens (tertiary/aromatic N) is 4. The maximum atomic E-state index is 12.0. The maximum absolute atomic E-state index is 12.0. The Morgan fingerprint density at radius 1 is 1.21 bits per heavy atom. The summed E-state index contributed by atoms with van der Waals surface area (Å²) in [7, 11) is 0. The van der Waals surface area contributed by atoms with Crippen molar-refractivity contribution in [2.24, 2.45) is 0 Å². The average molecular weight is 328 g/mol. The number of pyridine rings is 1. The second kappa shape index (κ2) is 7.42. The fourth-order valence-corrected chi connectivity index (χ4v) is 3.00. The molecule has 0 atom stereocenters. The van der Waals surface area contributed by atoms with Crippen LogP contribution in [0.1, 0.15) is 42.3 Å². The van der Waals surface area contributed by atoms with E-state index < -0.39 is 0 Å². The van der Waals surface area contributed by atoms with Gasteiger partial charge in [0.25, 0.3) is 0 Å². The maximum Gasteiger partial charge on any atom is 0.319 e. The summed E-state index contributed by atoms with van der Waals surface area (Å²) >= 11 is 0. The molecule has 2 aromatic heterocycles. The molecule has 1 aliphatic heterocycles. The third-order valence-electron chi connectivity index (χ3n) is 4.29. The van der Waals surface area contributed by atoms with Crippen molar-refractivity contribution in [2.75, 3.05) is 11.9 Å². The first-order chi connectivity index (χ1) is 11.6. The van der Waals surface area contributed by atoms with Gasteiger partial charge in [-0.1, -0.05) is 6.42 Å². The minimum Gasteiger partial charge on any atom is -0.337 e. The lowest BCUT2D eigenvalue weighted by atomic mass is 10.2. The van der Waals surface area contributed by atoms with E-state index in [0.717, 1.165) is 41.7 Å². The highest BCUT2D eigenvalue weighted by Gasteiger charge is 2.14. The first kappa shape index (κ1) is 16.4. The van der Waals surface area contributed by atoms with Crippen LogP contribution in [0, 0.1) is 13.8 Å². The van der Waals surface area contributed by atoms with E-state index >= 15 is 0 Å². The predicted octanol–water partition coefficient (Wildman–Crippen LogP) is 2.38. The molecule has 0 unspecified atom stereocenters. The summed E-state index contributed by atoms with van der Waals surface area (Å²) in [5.41, 5.74) is 2.48. The van der Waals surface area contributed by atoms with Crippen LogP contribution >= 0.6 is 0 Å². The zero-order valence-electron chi connectivity index (χ0n) is 14.3. The van der Waals surface area contributed by atoms with Crippen molar-refractivity contribution in [1.82, 2.24) is 25.1 Å². The molecule has 0 aliphatic carbocycles. The number of rotatable bonds is 4. The van der Waals surface area contributed by atoms with Crippen LogP contribution < -0.4 is 10.6 Å². The van der Waals surface area contributed by atoms with E-state index in [1.807, 2.05) is 26.0 Å². The molecule has 1 aliphatic rings. The smallest absolute Gasteiger partial charge is 0.319 e. The van der Waals surface area contributed by atoms with Crippen LogP contribution in [0.5, 0.6) is 0 Å². The number of urea groups is 1. The Hall–Kier alpha value is -2.44. The van der Waals surface area contributed by atoms with Crippen molar-refractivity contribution >= 4 is 11.7 Å². The van der Waals surface area contributed by atoms with E-state index in [1.165, 1.54) is 19.3 Å². The average Bonchev–Trinajstić information content (AvgIpc) is 2.78. The van der Waals surface area contributed by atoms with Crippen LogP contribution in [0.15, 0.2) is 12.1 Å². The van der Waals surface area contributed by atoms with E-state index in [2.05, 4.69) is 30.4 Å². The van der Waals surface area contributed by atoms with Gasteiger partial charge in [0.2, 0.25) is 0 Å². The van der Waals surface area contributed by atoms with Gasteiger partial charge in [-0.2, -0.15) is 0 Å². The van der Waals surface area contributed by atoms with Gasteiger partial charge in [0, 0.05) is 31.6 Å². The summed E-state index contributed by atoms with van der Waals surface area (Å²) in [5.74, 6) is 2.04. The number of nitrogens with one attached hydrogen (secondary N) is 2. The van der Waals surface area contributed by atoms with Gasteiger partial charge in [-0.05, 0) is 38.8 Å². The van der Waals surface area contributed by atoms with Crippen LogP contribution in [0.3, 0.4) is 0 Å². The van der Waals surface area contributed by atoms with Gasteiger partial charge in [0.15, 0.2) is 0 Å². The fraction of sp³-hybridized carbons (Fsp3) is 0.529. The number of aromatic nitrogens is 4. The van der Waals surface area contributed by atoms with E-state index in [4.69, 9.17) is 0 Å². The fourth-order valence-electron chi connectivity index (χ4n) is 3.00. The SMILES string of the molecule is Cc1ccc(NC(=O)NCCc2nnc3n2CCCCC3)c(C)n1. The number of carbonyl (C=O) groups excluding carboxylic acids is 1. The lowest BCUT2D eigenvalue weighted by Gasteiger charge is -2.10. The van der Waals surface area contributed by atoms with Crippen molar-refractivity contribution in [1.29, 1.82) is 0 Å². The van der Waals surface area contributed by atoms with Crippen LogP contribution in [0.2, 0.25) is 0 Å². The molecular formula is C17H24N6O. The summed E-state index contributed by atoms with van der Waals surface area (Å²) in [6, 6.07) is 3.53. The van der Waals surface area contributed by atoms with Gasteiger partial charge >= 0.3 is 6.03 Å². The van der Waals surface area contributed by atoms with Gasteiger partial charge in [-0.15, -0.1) is 10.2 Å². The van der Waals surface area contributed by atoms with Gasteiger partial charge in [0.05, 0.1) is 11.4 Å². The second-order valence-corrected chi connectivity index (χ2v) is 6.21. The monoisotopic (exact) mass is 328 g/mol. The van der Waals surface area contributed by atoms with Crippen LogP contribution in [-0.4, -0.2) is 32.3 Å². The largest absolute Gasteiger partial charge is 0.337 e. The van der Waals surface area contributed by atoms with Crippen molar-refractivity contribution in [3.05, 3.63) is 35.2 Å². The second-order valence-electron chi connectivity index (χ2n) is 6.21. The molecule has 7 nitrogen and oxygen atoms in total. The molecule has 0 aromatic carbocycles. The summed E-state index contributed by atoms with van der Waals surface area (Å²) < 4.78 is 2.21. The Balaban J connectivity index is 1.51. The molecule has 0 fully saturated rings. The molecule has 128 valence electrons. The molecule has 0 saturated carbocycles. The Labute approximate surface area is 141 Å². The van der Waals surface area contributed by atoms with E-state index in [-0.39, 0.29) is 6.03 Å². The Bertz CT molecular complexity index is 724. The number of hydrogen-bond donors (Lipinski definition) is 2. The van der Waals surface area contributed by atoms with E-state index in [1.54, 1.807) is 0 Å². The van der Waals surface area contributed by atoms with Crippen LogP contribution in [0.25, 0.3) is 0 Å². The van der Waals surface area contributed by atoms with Gasteiger partial charge in [-0.25, -0.2) is 4.79 Å². The molecule has 3 rings (SSSR count). The predicted molar refractivity (Wildman–Crippen MR) is 92.0 cm³/mol. The first-order valence-corrected chi connectivity index (χ1v) is 8.53. The molecule has 0 bridgehead atoms. The minimum atomic E-state index is -0.223. The number of fused-ring (bicyclic) bond motifs is 1. The van der Waals surface area contributed by atoms with Crippen molar-refractivity contribution in [3.63, 3.8) is 0 Å². The minimum absolute atomic E-state index is 0.223. The highest BCUT2D eigenvalue weighted by Crippen LogP contribution is 2.15. The van der Waals surface area contributed by atoms with Gasteiger partial charge in [0.1, 0.15) is 11.6 Å². The van der Waals surface area contributed by atoms with Gasteiger partial charge < -0.3 is 15.2 Å². The summed E-state index contributed by atoms with van der Waals surface area (Å²) in [4.78, 5) is 16.4. The Kier molecular flexibility index (Phi) is 5.08. The molecule has 2 N–H and O–H groups in total. The molecule has 0 spiro atoms. The van der Waals surface area contributed by atoms with Gasteiger partial charge in [-0.3, -0.25) is 4.98 Å². The molecule has 3 heterocycles. The Morgan fingerprint density at radius 2 is 2.08 bits per heavy atom. The van der Waals surface area contributed by atoms with Crippen LogP contribution in [-0.2, 0) is 19.4 Å². The molecule has 2 amide bonds. The van der Waals surface area contributed by atoms with Crippen molar-refractivity contribution < 1.29 is 4.79 Å². The summed E-state index contributed by atoms with van der Waals surface area (Å²) in [5, 5.41) is 14.3. The lowest BCUT2D eigenvalue weighted by molar-refractivity contribution is 0.252. The molecule has 0 radical (unpaired) electrons. The third-order valence-corrected chi connectivity index (χ3v) is 4.29. The van der Waals surface area contributed by atoms with Crippen molar-refractivity contribution in [2.45, 2.75) is 52.5 Å². The number of aryl methyl sites for hydroxylation is 3. The highest BCUT2D eigenvalue weighted by atomic mass is 16.2. The zero-order valence-corrected chi connectivity index (χ0v) is 14.3. The normalized spacial score (nSPS) is 13.9. The van der Waals surface area contributed by atoms with E-state index in [0.29, 0.717) is 13.0 Å². The first-order valence-electron chi connectivity index (χ1n) is 8.53. The third kappa shape index (κ3) is 3.90. The lowest BCUT2D eigenvalue weighted by Crippen LogP contribution is -2.31. The highest BCUT2D eigenvalue weighted by molar-refractivity contribution is 5.89. The zero-order chi connectivity index (χ0) is 16.9. The summed E-state index contributed by atoms with van der Waals surface area (Å²) in [6.45, 7) is 5.33. The molecular weight excluding hydrogens is 304 g/mol. The number of anilines is 1. The molecule has 0 saturated heterocycles. The summed E-state index contributed by atoms with van der Waals surface area (Å²) in [6.07, 6.45) is 5.29. The number of carbonyl (C=O) groups is 1. The molecule has 7 heteroatoms. The topological polar surface area (TPSA) is 84.7 Å².